The molecule has 100 valence electrons. The fraction of sp³-hybridized carbons (Fsp3) is 0.273. The average molecular weight is 326 g/mol. The third-order valence-corrected chi connectivity index (χ3v) is 3.07. The van der Waals surface area contributed by atoms with E-state index in [0.717, 1.165) is 6.54 Å². The van der Waals surface area contributed by atoms with Crippen molar-refractivity contribution in [3.8, 4) is 0 Å². The summed E-state index contributed by atoms with van der Waals surface area (Å²) in [7, 11) is 0. The molecule has 0 bridgehead atoms. The number of halogens is 1. The third-order valence-electron chi connectivity index (χ3n) is 2.46. The van der Waals surface area contributed by atoms with Gasteiger partial charge in [-0.2, -0.15) is 0 Å². The lowest BCUT2D eigenvalue weighted by Crippen LogP contribution is -2.22. The predicted octanol–water partition coefficient (Wildman–Crippen LogP) is 2.45. The molecule has 8 heteroatoms. The van der Waals surface area contributed by atoms with Gasteiger partial charge < -0.3 is 9.88 Å². The molecule has 2 heterocycles. The van der Waals surface area contributed by atoms with E-state index in [1.54, 1.807) is 12.5 Å². The van der Waals surface area contributed by atoms with E-state index in [0.29, 0.717) is 10.3 Å². The minimum atomic E-state index is -0.476. The van der Waals surface area contributed by atoms with Crippen LogP contribution in [0, 0.1) is 10.1 Å². The van der Waals surface area contributed by atoms with Crippen LogP contribution in [0.2, 0.25) is 0 Å². The van der Waals surface area contributed by atoms with Gasteiger partial charge in [0.05, 0.1) is 15.7 Å². The summed E-state index contributed by atoms with van der Waals surface area (Å²) in [6.07, 6.45) is 6.55. The van der Waals surface area contributed by atoms with Crippen LogP contribution in [0.4, 0.5) is 11.5 Å². The van der Waals surface area contributed by atoms with Gasteiger partial charge in [-0.15, -0.1) is 0 Å². The largest absolute Gasteiger partial charge is 0.365 e. The fourth-order valence-electron chi connectivity index (χ4n) is 1.62. The number of hydrogen-bond donors (Lipinski definition) is 1. The molecule has 1 N–H and O–H groups in total. The second kappa shape index (κ2) is 5.79. The molecule has 0 fully saturated rings. The number of pyridine rings is 1. The number of nitro groups is 1. The van der Waals surface area contributed by atoms with E-state index >= 15 is 0 Å². The molecule has 0 saturated carbocycles. The van der Waals surface area contributed by atoms with E-state index in [1.807, 2.05) is 17.7 Å². The first kappa shape index (κ1) is 13.5. The smallest absolute Gasteiger partial charge is 0.288 e. The van der Waals surface area contributed by atoms with Gasteiger partial charge in [-0.1, -0.05) is 0 Å². The number of imidazole rings is 1. The van der Waals surface area contributed by atoms with Crippen LogP contribution in [0.15, 0.2) is 35.5 Å². The van der Waals surface area contributed by atoms with Crippen LogP contribution >= 0.6 is 15.9 Å². The lowest BCUT2D eigenvalue weighted by atomic mass is 10.3. The summed E-state index contributed by atoms with van der Waals surface area (Å²) in [5.41, 5.74) is -0.0420. The van der Waals surface area contributed by atoms with Crippen molar-refractivity contribution < 1.29 is 4.92 Å². The maximum Gasteiger partial charge on any atom is 0.288 e. The fourth-order valence-corrected chi connectivity index (χ4v) is 2.08. The Hall–Kier alpha value is -1.96. The lowest BCUT2D eigenvalue weighted by Gasteiger charge is -2.15. The monoisotopic (exact) mass is 325 g/mol. The van der Waals surface area contributed by atoms with Gasteiger partial charge in [0.2, 0.25) is 0 Å². The highest BCUT2D eigenvalue weighted by molar-refractivity contribution is 9.10. The standard InChI is InChI=1S/C11H12BrN5O2/c1-8(6-16-3-2-13-7-16)15-11-10(12)4-9(5-14-11)17(18)19/h2-5,7-8H,6H2,1H3,(H,14,15). The van der Waals surface area contributed by atoms with Crippen molar-refractivity contribution in [2.45, 2.75) is 19.5 Å². The molecule has 2 aromatic heterocycles. The van der Waals surface area contributed by atoms with Crippen LogP contribution in [0.25, 0.3) is 0 Å². The summed E-state index contributed by atoms with van der Waals surface area (Å²) in [6.45, 7) is 2.72. The average Bonchev–Trinajstić information content (AvgIpc) is 2.84. The first-order chi connectivity index (χ1) is 9.06. The van der Waals surface area contributed by atoms with Crippen molar-refractivity contribution >= 4 is 27.4 Å². The number of nitrogens with zero attached hydrogens (tertiary/aromatic N) is 4. The number of rotatable bonds is 5. The summed E-state index contributed by atoms with van der Waals surface area (Å²) in [4.78, 5) is 18.1. The number of nitrogens with one attached hydrogen (secondary N) is 1. The predicted molar refractivity (Wildman–Crippen MR) is 73.9 cm³/mol. The zero-order valence-corrected chi connectivity index (χ0v) is 11.7. The van der Waals surface area contributed by atoms with Crippen LogP contribution in [0.1, 0.15) is 6.92 Å². The maximum absolute atomic E-state index is 10.6. The second-order valence-electron chi connectivity index (χ2n) is 4.09. The molecule has 0 radical (unpaired) electrons. The molecule has 1 atom stereocenters. The molecule has 1 unspecified atom stereocenters. The lowest BCUT2D eigenvalue weighted by molar-refractivity contribution is -0.385. The molecule has 7 nitrogen and oxygen atoms in total. The molecule has 19 heavy (non-hydrogen) atoms. The van der Waals surface area contributed by atoms with Crippen molar-refractivity contribution in [3.05, 3.63) is 45.6 Å². The molecule has 0 aromatic carbocycles. The van der Waals surface area contributed by atoms with Crippen LogP contribution in [-0.2, 0) is 6.54 Å². The Balaban J connectivity index is 2.04. The number of aromatic nitrogens is 3. The van der Waals surface area contributed by atoms with Gasteiger partial charge in [-0.3, -0.25) is 10.1 Å². The Morgan fingerprint density at radius 2 is 2.42 bits per heavy atom. The summed E-state index contributed by atoms with van der Waals surface area (Å²) < 4.78 is 2.51. The Kier molecular flexibility index (Phi) is 4.10. The zero-order valence-electron chi connectivity index (χ0n) is 10.2. The second-order valence-corrected chi connectivity index (χ2v) is 4.94. The van der Waals surface area contributed by atoms with Gasteiger partial charge >= 0.3 is 0 Å². The summed E-state index contributed by atoms with van der Waals surface area (Å²) in [5, 5.41) is 13.8. The molecule has 0 aliphatic rings. The molecular formula is C11H12BrN5O2. The Morgan fingerprint density at radius 3 is 3.00 bits per heavy atom. The summed E-state index contributed by atoms with van der Waals surface area (Å²) >= 11 is 3.27. The molecule has 0 saturated heterocycles. The van der Waals surface area contributed by atoms with Gasteiger partial charge in [0, 0.05) is 31.0 Å². The van der Waals surface area contributed by atoms with Gasteiger partial charge in [0.1, 0.15) is 12.0 Å². The van der Waals surface area contributed by atoms with Crippen LogP contribution in [0.5, 0.6) is 0 Å². The summed E-state index contributed by atoms with van der Waals surface area (Å²) in [6, 6.07) is 1.54. The van der Waals surface area contributed by atoms with Crippen LogP contribution in [0.3, 0.4) is 0 Å². The van der Waals surface area contributed by atoms with Crippen molar-refractivity contribution in [1.82, 2.24) is 14.5 Å². The molecule has 2 rings (SSSR count). The highest BCUT2D eigenvalue weighted by Gasteiger charge is 2.12. The normalized spacial score (nSPS) is 12.1. The quantitative estimate of drug-likeness (QED) is 0.674. The van der Waals surface area contributed by atoms with Crippen LogP contribution in [-0.4, -0.2) is 25.5 Å². The molecule has 0 aliphatic heterocycles. The zero-order chi connectivity index (χ0) is 13.8. The SMILES string of the molecule is CC(Cn1ccnc1)Nc1ncc([N+](=O)[O-])cc1Br. The van der Waals surface area contributed by atoms with Crippen molar-refractivity contribution in [2.24, 2.45) is 0 Å². The Morgan fingerprint density at radius 1 is 1.63 bits per heavy atom. The van der Waals surface area contributed by atoms with Crippen molar-refractivity contribution in [2.75, 3.05) is 5.32 Å². The highest BCUT2D eigenvalue weighted by Crippen LogP contribution is 2.24. The third kappa shape index (κ3) is 3.50. The topological polar surface area (TPSA) is 85.9 Å². The summed E-state index contributed by atoms with van der Waals surface area (Å²) in [5.74, 6) is 0.582. The van der Waals surface area contributed by atoms with E-state index in [4.69, 9.17) is 0 Å². The molecule has 0 aliphatic carbocycles. The van der Waals surface area contributed by atoms with Gasteiger partial charge in [-0.05, 0) is 22.9 Å². The first-order valence-electron chi connectivity index (χ1n) is 5.58. The van der Waals surface area contributed by atoms with Crippen LogP contribution < -0.4 is 5.32 Å². The molecule has 0 amide bonds. The van der Waals surface area contributed by atoms with Gasteiger partial charge in [-0.25, -0.2) is 9.97 Å². The first-order valence-corrected chi connectivity index (χ1v) is 6.38. The van der Waals surface area contributed by atoms with Crippen molar-refractivity contribution in [3.63, 3.8) is 0 Å². The van der Waals surface area contributed by atoms with Crippen molar-refractivity contribution in [1.29, 1.82) is 0 Å². The Bertz CT molecular complexity index is 572. The van der Waals surface area contributed by atoms with E-state index < -0.39 is 4.92 Å². The number of hydrogen-bond acceptors (Lipinski definition) is 5. The molecular weight excluding hydrogens is 314 g/mol. The van der Waals surface area contributed by atoms with Gasteiger partial charge in [0.15, 0.2) is 0 Å². The minimum Gasteiger partial charge on any atom is -0.365 e. The Labute approximate surface area is 118 Å². The number of anilines is 1. The van der Waals surface area contributed by atoms with E-state index in [2.05, 4.69) is 31.2 Å². The minimum absolute atomic E-state index is 0.0420. The van der Waals surface area contributed by atoms with E-state index in [1.165, 1.54) is 12.3 Å². The van der Waals surface area contributed by atoms with E-state index in [9.17, 15) is 10.1 Å². The maximum atomic E-state index is 10.6. The van der Waals surface area contributed by atoms with Gasteiger partial charge in [0.25, 0.3) is 5.69 Å². The molecule has 2 aromatic rings. The molecule has 0 spiro atoms. The highest BCUT2D eigenvalue weighted by atomic mass is 79.9. The van der Waals surface area contributed by atoms with E-state index in [-0.39, 0.29) is 11.7 Å².